The van der Waals surface area contributed by atoms with E-state index in [2.05, 4.69) is 4.72 Å². The monoisotopic (exact) mass is 353 g/mol. The van der Waals surface area contributed by atoms with Gasteiger partial charge in [-0.05, 0) is 36.2 Å². The Morgan fingerprint density at radius 3 is 2.61 bits per heavy atom. The van der Waals surface area contributed by atoms with Crippen LogP contribution in [0.3, 0.4) is 0 Å². The maximum atomic E-state index is 12.2. The smallest absolute Gasteiger partial charge is 0.308 e. The van der Waals surface area contributed by atoms with Crippen molar-refractivity contribution in [1.29, 1.82) is 0 Å². The SMILES string of the molecule is CC(=O)Oc1cccc(CCNS(=O)(=O)c2ccccc2Cl)c1. The second kappa shape index (κ2) is 7.59. The molecule has 7 heteroatoms. The van der Waals surface area contributed by atoms with Crippen LogP contribution in [0.4, 0.5) is 0 Å². The van der Waals surface area contributed by atoms with Gasteiger partial charge in [-0.3, -0.25) is 4.79 Å². The van der Waals surface area contributed by atoms with Crippen molar-refractivity contribution in [3.8, 4) is 5.75 Å². The number of nitrogens with one attached hydrogen (secondary N) is 1. The third kappa shape index (κ3) is 5.06. The zero-order valence-corrected chi connectivity index (χ0v) is 14.0. The van der Waals surface area contributed by atoms with Crippen molar-refractivity contribution in [1.82, 2.24) is 4.72 Å². The highest BCUT2D eigenvalue weighted by Crippen LogP contribution is 2.20. The van der Waals surface area contributed by atoms with Crippen LogP contribution in [-0.2, 0) is 21.2 Å². The Balaban J connectivity index is 1.99. The summed E-state index contributed by atoms with van der Waals surface area (Å²) in [7, 11) is -3.66. The first kappa shape index (κ1) is 17.5. The lowest BCUT2D eigenvalue weighted by Crippen LogP contribution is -2.26. The third-order valence-electron chi connectivity index (χ3n) is 2.99. The molecule has 0 fully saturated rings. The molecule has 23 heavy (non-hydrogen) atoms. The normalized spacial score (nSPS) is 11.2. The maximum absolute atomic E-state index is 12.2. The number of hydrogen-bond acceptors (Lipinski definition) is 4. The summed E-state index contributed by atoms with van der Waals surface area (Å²) in [5, 5.41) is 0.178. The van der Waals surface area contributed by atoms with Crippen molar-refractivity contribution in [2.24, 2.45) is 0 Å². The Hall–Kier alpha value is -1.89. The van der Waals surface area contributed by atoms with Crippen LogP contribution in [-0.4, -0.2) is 20.9 Å². The van der Waals surface area contributed by atoms with Crippen molar-refractivity contribution >= 4 is 27.6 Å². The summed E-state index contributed by atoms with van der Waals surface area (Å²) in [6, 6.07) is 13.2. The first-order valence-electron chi connectivity index (χ1n) is 6.90. The van der Waals surface area contributed by atoms with E-state index in [0.717, 1.165) is 5.56 Å². The first-order valence-corrected chi connectivity index (χ1v) is 8.76. The Labute approximate surface area is 140 Å². The van der Waals surface area contributed by atoms with Gasteiger partial charge in [0.15, 0.2) is 0 Å². The molecule has 0 saturated carbocycles. The van der Waals surface area contributed by atoms with Gasteiger partial charge in [-0.25, -0.2) is 13.1 Å². The van der Waals surface area contributed by atoms with Gasteiger partial charge < -0.3 is 4.74 Å². The third-order valence-corrected chi connectivity index (χ3v) is 4.95. The van der Waals surface area contributed by atoms with E-state index in [4.69, 9.17) is 16.3 Å². The van der Waals surface area contributed by atoms with Crippen LogP contribution < -0.4 is 9.46 Å². The van der Waals surface area contributed by atoms with E-state index in [1.807, 2.05) is 6.07 Å². The van der Waals surface area contributed by atoms with E-state index < -0.39 is 16.0 Å². The highest BCUT2D eigenvalue weighted by molar-refractivity contribution is 7.89. The molecular formula is C16H16ClNO4S. The minimum Gasteiger partial charge on any atom is -0.427 e. The van der Waals surface area contributed by atoms with Gasteiger partial charge in [0.25, 0.3) is 0 Å². The van der Waals surface area contributed by atoms with E-state index in [1.54, 1.807) is 30.3 Å². The average Bonchev–Trinajstić information content (AvgIpc) is 2.47. The topological polar surface area (TPSA) is 72.5 Å². The highest BCUT2D eigenvalue weighted by Gasteiger charge is 2.16. The van der Waals surface area contributed by atoms with Crippen LogP contribution in [0.5, 0.6) is 5.75 Å². The van der Waals surface area contributed by atoms with E-state index in [-0.39, 0.29) is 16.5 Å². The van der Waals surface area contributed by atoms with E-state index in [0.29, 0.717) is 12.2 Å². The van der Waals surface area contributed by atoms with Crippen molar-refractivity contribution in [2.75, 3.05) is 6.54 Å². The van der Waals surface area contributed by atoms with Crippen molar-refractivity contribution in [3.05, 3.63) is 59.1 Å². The molecule has 0 atom stereocenters. The zero-order valence-electron chi connectivity index (χ0n) is 12.5. The maximum Gasteiger partial charge on any atom is 0.308 e. The Morgan fingerprint density at radius 1 is 1.17 bits per heavy atom. The van der Waals surface area contributed by atoms with Crippen molar-refractivity contribution < 1.29 is 17.9 Å². The number of halogens is 1. The molecule has 1 N–H and O–H groups in total. The number of hydrogen-bond donors (Lipinski definition) is 1. The minimum atomic E-state index is -3.66. The van der Waals surface area contributed by atoms with Gasteiger partial charge in [0.1, 0.15) is 10.6 Å². The molecule has 0 radical (unpaired) electrons. The molecule has 5 nitrogen and oxygen atoms in total. The molecule has 0 bridgehead atoms. The zero-order chi connectivity index (χ0) is 16.9. The lowest BCUT2D eigenvalue weighted by Gasteiger charge is -2.09. The van der Waals surface area contributed by atoms with Gasteiger partial charge >= 0.3 is 5.97 Å². The molecule has 0 saturated heterocycles. The number of carbonyl (C=O) groups excluding carboxylic acids is 1. The average molecular weight is 354 g/mol. The standard InChI is InChI=1S/C16H16ClNO4S/c1-12(19)22-14-6-4-5-13(11-14)9-10-18-23(20,21)16-8-3-2-7-15(16)17/h2-8,11,18H,9-10H2,1H3. The van der Waals surface area contributed by atoms with Gasteiger partial charge in [-0.15, -0.1) is 0 Å². The summed E-state index contributed by atoms with van der Waals surface area (Å²) in [5.41, 5.74) is 0.852. The predicted octanol–water partition coefficient (Wildman–Crippen LogP) is 2.79. The van der Waals surface area contributed by atoms with Crippen LogP contribution in [0.1, 0.15) is 12.5 Å². The summed E-state index contributed by atoms with van der Waals surface area (Å²) in [6.07, 6.45) is 0.457. The number of carbonyl (C=O) groups is 1. The van der Waals surface area contributed by atoms with Crippen LogP contribution in [0.2, 0.25) is 5.02 Å². The largest absolute Gasteiger partial charge is 0.427 e. The summed E-state index contributed by atoms with van der Waals surface area (Å²) in [5.74, 6) is 0.0329. The molecule has 0 aliphatic rings. The van der Waals surface area contributed by atoms with E-state index in [1.165, 1.54) is 19.1 Å². The molecule has 0 unspecified atom stereocenters. The molecule has 2 rings (SSSR count). The fourth-order valence-corrected chi connectivity index (χ4v) is 3.55. The van der Waals surface area contributed by atoms with Crippen molar-refractivity contribution in [3.63, 3.8) is 0 Å². The van der Waals surface area contributed by atoms with E-state index >= 15 is 0 Å². The molecule has 0 amide bonds. The molecule has 0 aromatic heterocycles. The van der Waals surface area contributed by atoms with Gasteiger partial charge in [-0.1, -0.05) is 35.9 Å². The number of sulfonamides is 1. The summed E-state index contributed by atoms with van der Waals surface area (Å²) >= 11 is 5.91. The van der Waals surface area contributed by atoms with Crippen LogP contribution in [0.15, 0.2) is 53.4 Å². The minimum absolute atomic E-state index is 0.0512. The molecule has 0 aliphatic heterocycles. The van der Waals surface area contributed by atoms with E-state index in [9.17, 15) is 13.2 Å². The van der Waals surface area contributed by atoms with Crippen LogP contribution in [0.25, 0.3) is 0 Å². The van der Waals surface area contributed by atoms with Crippen LogP contribution in [0, 0.1) is 0 Å². The molecular weight excluding hydrogens is 338 g/mol. The number of ether oxygens (including phenoxy) is 1. The Morgan fingerprint density at radius 2 is 1.91 bits per heavy atom. The Bertz CT molecular complexity index is 805. The molecule has 2 aromatic carbocycles. The molecule has 2 aromatic rings. The summed E-state index contributed by atoms with van der Waals surface area (Å²) in [4.78, 5) is 11.0. The Kier molecular flexibility index (Phi) is 5.76. The summed E-state index contributed by atoms with van der Waals surface area (Å²) < 4.78 is 31.9. The molecule has 0 aliphatic carbocycles. The molecule has 0 heterocycles. The number of rotatable bonds is 6. The van der Waals surface area contributed by atoms with Crippen molar-refractivity contribution in [2.45, 2.75) is 18.2 Å². The van der Waals surface area contributed by atoms with Gasteiger partial charge in [-0.2, -0.15) is 0 Å². The van der Waals surface area contributed by atoms with Gasteiger partial charge in [0.2, 0.25) is 10.0 Å². The predicted molar refractivity (Wildman–Crippen MR) is 88.1 cm³/mol. The number of esters is 1. The first-order chi connectivity index (χ1) is 10.9. The summed E-state index contributed by atoms with van der Waals surface area (Å²) in [6.45, 7) is 1.53. The van der Waals surface area contributed by atoms with Gasteiger partial charge in [0, 0.05) is 13.5 Å². The lowest BCUT2D eigenvalue weighted by molar-refractivity contribution is -0.131. The number of benzene rings is 2. The fraction of sp³-hybridized carbons (Fsp3) is 0.188. The van der Waals surface area contributed by atoms with Gasteiger partial charge in [0.05, 0.1) is 5.02 Å². The second-order valence-electron chi connectivity index (χ2n) is 4.82. The van der Waals surface area contributed by atoms with Crippen LogP contribution >= 0.6 is 11.6 Å². The highest BCUT2D eigenvalue weighted by atomic mass is 35.5. The fourth-order valence-electron chi connectivity index (χ4n) is 2.00. The molecule has 122 valence electrons. The quantitative estimate of drug-likeness (QED) is 0.640. The second-order valence-corrected chi connectivity index (χ2v) is 6.96. The molecule has 0 spiro atoms. The lowest BCUT2D eigenvalue weighted by atomic mass is 10.1.